The van der Waals surface area contributed by atoms with Gasteiger partial charge in [-0.25, -0.2) is 0 Å². The Hall–Kier alpha value is -0.0400. The molecular formula is C17H34O. The SMILES string of the molecule is CCCCCCCCCCC1(O)CCC(CC)C1. The zero-order valence-corrected chi connectivity index (χ0v) is 12.7. The molecule has 0 radical (unpaired) electrons. The number of hydrogen-bond donors (Lipinski definition) is 1. The predicted octanol–water partition coefficient (Wildman–Crippen LogP) is 5.46. The fourth-order valence-corrected chi connectivity index (χ4v) is 3.38. The molecule has 1 saturated carbocycles. The third-order valence-corrected chi connectivity index (χ3v) is 4.76. The molecule has 0 aromatic rings. The highest BCUT2D eigenvalue weighted by Gasteiger charge is 2.35. The number of unbranched alkanes of at least 4 members (excludes halogenated alkanes) is 7. The van der Waals surface area contributed by atoms with Crippen LogP contribution < -0.4 is 0 Å². The minimum atomic E-state index is -0.289. The zero-order valence-electron chi connectivity index (χ0n) is 12.7. The normalized spacial score (nSPS) is 27.8. The van der Waals surface area contributed by atoms with Crippen LogP contribution in [0.25, 0.3) is 0 Å². The second kappa shape index (κ2) is 8.96. The molecular weight excluding hydrogens is 220 g/mol. The number of rotatable bonds is 10. The van der Waals surface area contributed by atoms with Crippen LogP contribution in [0.1, 0.15) is 97.3 Å². The number of hydrogen-bond acceptors (Lipinski definition) is 1. The minimum Gasteiger partial charge on any atom is -0.390 e. The molecule has 1 heteroatoms. The molecule has 0 aromatic heterocycles. The van der Waals surface area contributed by atoms with E-state index in [1.54, 1.807) is 0 Å². The third-order valence-electron chi connectivity index (χ3n) is 4.76. The molecule has 2 atom stereocenters. The molecule has 0 amide bonds. The summed E-state index contributed by atoms with van der Waals surface area (Å²) in [7, 11) is 0. The van der Waals surface area contributed by atoms with E-state index in [0.717, 1.165) is 25.2 Å². The lowest BCUT2D eigenvalue weighted by atomic mass is 9.92. The van der Waals surface area contributed by atoms with Crippen molar-refractivity contribution in [3.05, 3.63) is 0 Å². The third kappa shape index (κ3) is 6.22. The molecule has 1 aliphatic rings. The van der Waals surface area contributed by atoms with Gasteiger partial charge in [-0.15, -0.1) is 0 Å². The molecule has 1 fully saturated rings. The highest BCUT2D eigenvalue weighted by atomic mass is 16.3. The van der Waals surface area contributed by atoms with Crippen molar-refractivity contribution in [3.8, 4) is 0 Å². The summed E-state index contributed by atoms with van der Waals surface area (Å²) in [6.07, 6.45) is 16.6. The summed E-state index contributed by atoms with van der Waals surface area (Å²) in [5, 5.41) is 10.5. The van der Waals surface area contributed by atoms with E-state index < -0.39 is 0 Å². The summed E-state index contributed by atoms with van der Waals surface area (Å²) >= 11 is 0. The van der Waals surface area contributed by atoms with Crippen molar-refractivity contribution in [1.82, 2.24) is 0 Å². The maximum atomic E-state index is 10.5. The van der Waals surface area contributed by atoms with E-state index >= 15 is 0 Å². The standard InChI is InChI=1S/C17H34O/c1-3-5-6-7-8-9-10-11-13-17(18)14-12-16(4-2)15-17/h16,18H,3-15H2,1-2H3. The van der Waals surface area contributed by atoms with Crippen LogP contribution >= 0.6 is 0 Å². The summed E-state index contributed by atoms with van der Waals surface area (Å²) in [4.78, 5) is 0. The molecule has 0 spiro atoms. The first-order chi connectivity index (χ1) is 8.70. The Kier molecular flexibility index (Phi) is 7.97. The second-order valence-corrected chi connectivity index (χ2v) is 6.47. The van der Waals surface area contributed by atoms with Gasteiger partial charge < -0.3 is 5.11 Å². The lowest BCUT2D eigenvalue weighted by molar-refractivity contribution is 0.0318. The molecule has 1 N–H and O–H groups in total. The molecule has 1 nitrogen and oxygen atoms in total. The Bertz CT molecular complexity index is 202. The summed E-state index contributed by atoms with van der Waals surface area (Å²) < 4.78 is 0. The Morgan fingerprint density at radius 3 is 2.11 bits per heavy atom. The van der Waals surface area contributed by atoms with Gasteiger partial charge in [0, 0.05) is 0 Å². The molecule has 0 saturated heterocycles. The van der Waals surface area contributed by atoms with E-state index in [2.05, 4.69) is 13.8 Å². The Morgan fingerprint density at radius 2 is 1.56 bits per heavy atom. The van der Waals surface area contributed by atoms with E-state index in [0.29, 0.717) is 0 Å². The van der Waals surface area contributed by atoms with Gasteiger partial charge in [0.1, 0.15) is 0 Å². The van der Waals surface area contributed by atoms with Crippen LogP contribution in [0, 0.1) is 5.92 Å². The highest BCUT2D eigenvalue weighted by Crippen LogP contribution is 2.39. The minimum absolute atomic E-state index is 0.289. The van der Waals surface area contributed by atoms with Crippen LogP contribution in [0.2, 0.25) is 0 Å². The van der Waals surface area contributed by atoms with E-state index in [1.165, 1.54) is 64.2 Å². The van der Waals surface area contributed by atoms with Gasteiger partial charge in [0.2, 0.25) is 0 Å². The van der Waals surface area contributed by atoms with Crippen molar-refractivity contribution in [2.24, 2.45) is 5.92 Å². The van der Waals surface area contributed by atoms with Crippen molar-refractivity contribution in [1.29, 1.82) is 0 Å². The lowest BCUT2D eigenvalue weighted by Crippen LogP contribution is -2.24. The van der Waals surface area contributed by atoms with Gasteiger partial charge in [-0.05, 0) is 31.6 Å². The molecule has 0 aromatic carbocycles. The van der Waals surface area contributed by atoms with E-state index in [-0.39, 0.29) is 5.60 Å². The molecule has 108 valence electrons. The zero-order chi connectivity index (χ0) is 13.3. The van der Waals surface area contributed by atoms with Crippen LogP contribution in [0.4, 0.5) is 0 Å². The first-order valence-corrected chi connectivity index (χ1v) is 8.42. The first kappa shape index (κ1) is 16.0. The molecule has 1 aliphatic carbocycles. The van der Waals surface area contributed by atoms with E-state index in [4.69, 9.17) is 0 Å². The van der Waals surface area contributed by atoms with Gasteiger partial charge >= 0.3 is 0 Å². The Labute approximate surface area is 114 Å². The Balaban J connectivity index is 1.94. The van der Waals surface area contributed by atoms with Crippen LogP contribution in [-0.2, 0) is 0 Å². The maximum Gasteiger partial charge on any atom is 0.0650 e. The van der Waals surface area contributed by atoms with Crippen molar-refractivity contribution in [3.63, 3.8) is 0 Å². The summed E-state index contributed by atoms with van der Waals surface area (Å²) in [6, 6.07) is 0. The summed E-state index contributed by atoms with van der Waals surface area (Å²) in [5.74, 6) is 0.795. The fourth-order valence-electron chi connectivity index (χ4n) is 3.38. The first-order valence-electron chi connectivity index (χ1n) is 8.42. The quantitative estimate of drug-likeness (QED) is 0.513. The van der Waals surface area contributed by atoms with E-state index in [9.17, 15) is 5.11 Å². The fraction of sp³-hybridized carbons (Fsp3) is 1.00. The van der Waals surface area contributed by atoms with Crippen LogP contribution in [-0.4, -0.2) is 10.7 Å². The predicted molar refractivity (Wildman–Crippen MR) is 79.8 cm³/mol. The van der Waals surface area contributed by atoms with Gasteiger partial charge in [-0.3, -0.25) is 0 Å². The number of aliphatic hydroxyl groups is 1. The Morgan fingerprint density at radius 1 is 0.944 bits per heavy atom. The van der Waals surface area contributed by atoms with Crippen LogP contribution in [0.3, 0.4) is 0 Å². The largest absolute Gasteiger partial charge is 0.390 e. The van der Waals surface area contributed by atoms with E-state index in [1.807, 2.05) is 0 Å². The molecule has 0 heterocycles. The van der Waals surface area contributed by atoms with Crippen LogP contribution in [0.5, 0.6) is 0 Å². The van der Waals surface area contributed by atoms with Gasteiger partial charge in [-0.1, -0.05) is 71.6 Å². The second-order valence-electron chi connectivity index (χ2n) is 6.47. The molecule has 1 rings (SSSR count). The van der Waals surface area contributed by atoms with Crippen molar-refractivity contribution in [2.75, 3.05) is 0 Å². The van der Waals surface area contributed by atoms with Gasteiger partial charge in [0.15, 0.2) is 0 Å². The monoisotopic (exact) mass is 254 g/mol. The average Bonchev–Trinajstić information content (AvgIpc) is 2.75. The topological polar surface area (TPSA) is 20.2 Å². The van der Waals surface area contributed by atoms with Gasteiger partial charge in [0.25, 0.3) is 0 Å². The van der Waals surface area contributed by atoms with Crippen molar-refractivity contribution >= 4 is 0 Å². The highest BCUT2D eigenvalue weighted by molar-refractivity contribution is 4.88. The van der Waals surface area contributed by atoms with Crippen LogP contribution in [0.15, 0.2) is 0 Å². The molecule has 0 aliphatic heterocycles. The molecule has 2 unspecified atom stereocenters. The summed E-state index contributed by atoms with van der Waals surface area (Å²) in [6.45, 7) is 4.53. The average molecular weight is 254 g/mol. The summed E-state index contributed by atoms with van der Waals surface area (Å²) in [5.41, 5.74) is -0.289. The van der Waals surface area contributed by atoms with Gasteiger partial charge in [-0.2, -0.15) is 0 Å². The van der Waals surface area contributed by atoms with Crippen molar-refractivity contribution in [2.45, 2.75) is 103 Å². The lowest BCUT2D eigenvalue weighted by Gasteiger charge is -2.22. The van der Waals surface area contributed by atoms with Gasteiger partial charge in [0.05, 0.1) is 5.60 Å². The maximum absolute atomic E-state index is 10.5. The van der Waals surface area contributed by atoms with Crippen molar-refractivity contribution < 1.29 is 5.11 Å². The molecule has 18 heavy (non-hydrogen) atoms. The molecule has 0 bridgehead atoms. The smallest absolute Gasteiger partial charge is 0.0650 e.